The fourth-order valence-electron chi connectivity index (χ4n) is 2.81. The van der Waals surface area contributed by atoms with E-state index in [9.17, 15) is 4.79 Å². The van der Waals surface area contributed by atoms with Crippen molar-refractivity contribution in [3.63, 3.8) is 0 Å². The van der Waals surface area contributed by atoms with E-state index in [0.29, 0.717) is 28.2 Å². The fraction of sp³-hybridized carbons (Fsp3) is 0.444. The van der Waals surface area contributed by atoms with Gasteiger partial charge in [-0.05, 0) is 31.7 Å². The third-order valence-corrected chi connectivity index (χ3v) is 5.13. The van der Waals surface area contributed by atoms with Gasteiger partial charge in [0.15, 0.2) is 0 Å². The van der Waals surface area contributed by atoms with Crippen LogP contribution in [0.5, 0.6) is 5.88 Å². The number of ether oxygens (including phenoxy) is 1. The van der Waals surface area contributed by atoms with E-state index in [1.165, 1.54) is 10.7 Å². The first-order valence-electron chi connectivity index (χ1n) is 8.62. The number of nitrogens with zero attached hydrogens (tertiary/aromatic N) is 4. The third-order valence-electron chi connectivity index (χ3n) is 4.39. The topological polar surface area (TPSA) is 50.6 Å². The average molecular weight is 397 g/mol. The number of halogens is 2. The molecule has 140 valence electrons. The van der Waals surface area contributed by atoms with Gasteiger partial charge in [0.2, 0.25) is 5.88 Å². The molecule has 0 N–H and O–H groups in total. The molecule has 0 amide bonds. The maximum atomic E-state index is 12.1. The van der Waals surface area contributed by atoms with Crippen LogP contribution < -0.4 is 10.3 Å². The third kappa shape index (κ3) is 4.98. The zero-order chi connectivity index (χ0) is 18.5. The highest BCUT2D eigenvalue weighted by atomic mass is 35.5. The summed E-state index contributed by atoms with van der Waals surface area (Å²) in [6.45, 7) is 5.96. The molecule has 0 bridgehead atoms. The Kier molecular flexibility index (Phi) is 6.53. The molecule has 8 heteroatoms. The van der Waals surface area contributed by atoms with Gasteiger partial charge in [-0.3, -0.25) is 4.79 Å². The molecule has 3 rings (SSSR count). The van der Waals surface area contributed by atoms with Gasteiger partial charge in [0, 0.05) is 44.9 Å². The summed E-state index contributed by atoms with van der Waals surface area (Å²) in [7, 11) is 2.15. The molecule has 0 saturated carbocycles. The Morgan fingerprint density at radius 1 is 1.08 bits per heavy atom. The maximum absolute atomic E-state index is 12.1. The average Bonchev–Trinajstić information content (AvgIpc) is 2.64. The molecule has 1 fully saturated rings. The lowest BCUT2D eigenvalue weighted by Gasteiger charge is -2.32. The Morgan fingerprint density at radius 2 is 1.85 bits per heavy atom. The van der Waals surface area contributed by atoms with E-state index in [-0.39, 0.29) is 5.56 Å². The van der Waals surface area contributed by atoms with Crippen LogP contribution in [0.25, 0.3) is 5.69 Å². The van der Waals surface area contributed by atoms with Crippen molar-refractivity contribution in [3.8, 4) is 11.6 Å². The lowest BCUT2D eigenvalue weighted by molar-refractivity contribution is 0.145. The van der Waals surface area contributed by atoms with E-state index in [4.69, 9.17) is 27.9 Å². The lowest BCUT2D eigenvalue weighted by Crippen LogP contribution is -2.44. The second-order valence-corrected chi connectivity index (χ2v) is 7.18. The van der Waals surface area contributed by atoms with Crippen molar-refractivity contribution in [3.05, 3.63) is 50.7 Å². The highest BCUT2D eigenvalue weighted by molar-refractivity contribution is 6.42. The van der Waals surface area contributed by atoms with Crippen LogP contribution in [0.2, 0.25) is 10.0 Å². The molecule has 1 aliphatic rings. The van der Waals surface area contributed by atoms with Gasteiger partial charge in [0.05, 0.1) is 22.3 Å². The number of aromatic nitrogens is 2. The Hall–Kier alpha value is -1.60. The minimum atomic E-state index is -0.256. The van der Waals surface area contributed by atoms with Crippen molar-refractivity contribution >= 4 is 23.2 Å². The summed E-state index contributed by atoms with van der Waals surface area (Å²) in [6, 6.07) is 7.96. The Morgan fingerprint density at radius 3 is 2.58 bits per heavy atom. The van der Waals surface area contributed by atoms with Crippen LogP contribution in [0.4, 0.5) is 0 Å². The molecule has 1 saturated heterocycles. The Bertz CT molecular complexity index is 804. The predicted octanol–water partition coefficient (Wildman–Crippen LogP) is 2.56. The summed E-state index contributed by atoms with van der Waals surface area (Å²) in [6.07, 6.45) is 0.914. The number of piperazine rings is 1. The second-order valence-electron chi connectivity index (χ2n) is 6.37. The van der Waals surface area contributed by atoms with Crippen LogP contribution in [0.1, 0.15) is 6.42 Å². The lowest BCUT2D eigenvalue weighted by atomic mass is 10.3. The van der Waals surface area contributed by atoms with Gasteiger partial charge >= 0.3 is 0 Å². The smallest absolute Gasteiger partial charge is 0.271 e. The molecule has 1 aromatic carbocycles. The molecule has 6 nitrogen and oxygen atoms in total. The van der Waals surface area contributed by atoms with Crippen LogP contribution >= 0.6 is 23.2 Å². The van der Waals surface area contributed by atoms with Crippen molar-refractivity contribution in [2.75, 3.05) is 46.4 Å². The Labute approximate surface area is 162 Å². The van der Waals surface area contributed by atoms with E-state index in [2.05, 4.69) is 21.9 Å². The minimum Gasteiger partial charge on any atom is -0.477 e. The summed E-state index contributed by atoms with van der Waals surface area (Å²) in [5, 5.41) is 5.07. The first-order chi connectivity index (χ1) is 12.5. The van der Waals surface area contributed by atoms with Gasteiger partial charge in [0.1, 0.15) is 0 Å². The van der Waals surface area contributed by atoms with Gasteiger partial charge in [-0.2, -0.15) is 4.68 Å². The van der Waals surface area contributed by atoms with E-state index < -0.39 is 0 Å². The highest BCUT2D eigenvalue weighted by Gasteiger charge is 2.13. The van der Waals surface area contributed by atoms with E-state index in [1.807, 2.05) is 0 Å². The van der Waals surface area contributed by atoms with Crippen molar-refractivity contribution in [2.45, 2.75) is 6.42 Å². The summed E-state index contributed by atoms with van der Waals surface area (Å²) in [5.74, 6) is 0.411. The van der Waals surface area contributed by atoms with Gasteiger partial charge in [0.25, 0.3) is 5.56 Å². The zero-order valence-corrected chi connectivity index (χ0v) is 16.2. The summed E-state index contributed by atoms with van der Waals surface area (Å²) in [4.78, 5) is 16.9. The molecule has 1 aromatic heterocycles. The molecular weight excluding hydrogens is 375 g/mol. The quantitative estimate of drug-likeness (QED) is 0.702. The van der Waals surface area contributed by atoms with E-state index in [1.54, 1.807) is 24.3 Å². The predicted molar refractivity (Wildman–Crippen MR) is 104 cm³/mol. The highest BCUT2D eigenvalue weighted by Crippen LogP contribution is 2.23. The minimum absolute atomic E-state index is 0.256. The zero-order valence-electron chi connectivity index (χ0n) is 14.7. The summed E-state index contributed by atoms with van der Waals surface area (Å²) in [5.41, 5.74) is 0.292. The van der Waals surface area contributed by atoms with Gasteiger partial charge in [-0.1, -0.05) is 23.2 Å². The van der Waals surface area contributed by atoms with Crippen LogP contribution in [-0.2, 0) is 0 Å². The van der Waals surface area contributed by atoms with Crippen LogP contribution in [0, 0.1) is 0 Å². The monoisotopic (exact) mass is 396 g/mol. The fourth-order valence-corrected chi connectivity index (χ4v) is 3.10. The molecule has 0 atom stereocenters. The Balaban J connectivity index is 1.57. The van der Waals surface area contributed by atoms with Crippen LogP contribution in [0.15, 0.2) is 35.1 Å². The molecule has 2 aromatic rings. The normalized spacial score (nSPS) is 16.0. The SMILES string of the molecule is CN1CCN(CCCOc2ccc(=O)n(-c3ccc(Cl)c(Cl)c3)n2)CC1. The van der Waals surface area contributed by atoms with Crippen LogP contribution in [-0.4, -0.2) is 66.0 Å². The molecule has 26 heavy (non-hydrogen) atoms. The standard InChI is InChI=1S/C18H22Cl2N4O2/c1-22-8-10-23(11-9-22)7-2-12-26-17-5-6-18(25)24(21-17)14-3-4-15(19)16(20)13-14/h3-6,13H,2,7-12H2,1H3. The molecule has 2 heterocycles. The molecular formula is C18H22Cl2N4O2. The summed E-state index contributed by atoms with van der Waals surface area (Å²) >= 11 is 12.0. The number of rotatable bonds is 6. The summed E-state index contributed by atoms with van der Waals surface area (Å²) < 4.78 is 6.98. The molecule has 0 unspecified atom stereocenters. The van der Waals surface area contributed by atoms with Crippen molar-refractivity contribution < 1.29 is 4.74 Å². The van der Waals surface area contributed by atoms with Crippen LogP contribution in [0.3, 0.4) is 0 Å². The van der Waals surface area contributed by atoms with Crippen molar-refractivity contribution in [1.82, 2.24) is 19.6 Å². The van der Waals surface area contributed by atoms with E-state index in [0.717, 1.165) is 39.1 Å². The van der Waals surface area contributed by atoms with Crippen molar-refractivity contribution in [2.24, 2.45) is 0 Å². The van der Waals surface area contributed by atoms with E-state index >= 15 is 0 Å². The first-order valence-corrected chi connectivity index (χ1v) is 9.38. The van der Waals surface area contributed by atoms with Gasteiger partial charge in [-0.25, -0.2) is 0 Å². The number of hydrogen-bond acceptors (Lipinski definition) is 5. The largest absolute Gasteiger partial charge is 0.477 e. The second kappa shape index (κ2) is 8.86. The molecule has 0 radical (unpaired) electrons. The number of benzene rings is 1. The maximum Gasteiger partial charge on any atom is 0.271 e. The molecule has 0 spiro atoms. The molecule has 0 aliphatic carbocycles. The first kappa shape index (κ1) is 19.2. The van der Waals surface area contributed by atoms with Gasteiger partial charge in [-0.15, -0.1) is 5.10 Å². The van der Waals surface area contributed by atoms with Crippen molar-refractivity contribution in [1.29, 1.82) is 0 Å². The molecule has 1 aliphatic heterocycles. The van der Waals surface area contributed by atoms with Gasteiger partial charge < -0.3 is 14.5 Å². The number of hydrogen-bond donors (Lipinski definition) is 0. The number of likely N-dealkylation sites (N-methyl/N-ethyl adjacent to an activating group) is 1.